The third kappa shape index (κ3) is 4.40. The minimum atomic E-state index is 0.103. The fourth-order valence-corrected chi connectivity index (χ4v) is 5.34. The first-order valence-corrected chi connectivity index (χ1v) is 11.2. The number of nitrogens with zero attached hydrogens (tertiary/aromatic N) is 3. The van der Waals surface area contributed by atoms with E-state index in [0.717, 1.165) is 43.7 Å². The van der Waals surface area contributed by atoms with Crippen molar-refractivity contribution >= 4 is 5.91 Å². The van der Waals surface area contributed by atoms with Crippen LogP contribution in [0.2, 0.25) is 0 Å². The quantitative estimate of drug-likeness (QED) is 0.812. The average Bonchev–Trinajstić information content (AvgIpc) is 3.31. The second-order valence-corrected chi connectivity index (χ2v) is 8.93. The second kappa shape index (κ2) is 8.70. The first kappa shape index (κ1) is 20.1. The van der Waals surface area contributed by atoms with Crippen molar-refractivity contribution in [2.24, 2.45) is 13.0 Å². The van der Waals surface area contributed by atoms with E-state index in [2.05, 4.69) is 47.3 Å². The van der Waals surface area contributed by atoms with Gasteiger partial charge in [-0.15, -0.1) is 0 Å². The molecular formula is C24H35N4O+. The van der Waals surface area contributed by atoms with Crippen molar-refractivity contribution in [2.75, 3.05) is 19.6 Å². The highest BCUT2D eigenvalue weighted by molar-refractivity contribution is 5.79. The Labute approximate surface area is 174 Å². The summed E-state index contributed by atoms with van der Waals surface area (Å²) in [6, 6.07) is 11.3. The van der Waals surface area contributed by atoms with Crippen LogP contribution < -0.4 is 4.90 Å². The third-order valence-corrected chi connectivity index (χ3v) is 6.98. The Morgan fingerprint density at radius 2 is 2.07 bits per heavy atom. The van der Waals surface area contributed by atoms with Gasteiger partial charge in [-0.2, -0.15) is 5.10 Å². The lowest BCUT2D eigenvalue weighted by Gasteiger charge is -2.33. The second-order valence-electron chi connectivity index (χ2n) is 8.93. The molecule has 1 aliphatic carbocycles. The maximum Gasteiger partial charge on any atom is 0.226 e. The number of likely N-dealkylation sites (N-methyl/N-ethyl adjacent to an activating group) is 1. The molecule has 2 aromatic rings. The smallest absolute Gasteiger partial charge is 0.226 e. The maximum absolute atomic E-state index is 13.7. The molecule has 2 heterocycles. The molecule has 0 radical (unpaired) electrons. The number of fused-ring (bicyclic) bond motifs is 1. The van der Waals surface area contributed by atoms with Gasteiger partial charge in [0.1, 0.15) is 6.04 Å². The van der Waals surface area contributed by atoms with Gasteiger partial charge in [0.25, 0.3) is 0 Å². The van der Waals surface area contributed by atoms with Crippen LogP contribution in [0.15, 0.2) is 30.3 Å². The Hall–Kier alpha value is -2.14. The lowest BCUT2D eigenvalue weighted by molar-refractivity contribution is -0.909. The molecule has 1 aliphatic heterocycles. The molecule has 156 valence electrons. The molecule has 1 unspecified atom stereocenters. The predicted octanol–water partition coefficient (Wildman–Crippen LogP) is 1.93. The summed E-state index contributed by atoms with van der Waals surface area (Å²) in [4.78, 5) is 17.5. The molecule has 4 rings (SSSR count). The molecule has 1 aromatic carbocycles. The van der Waals surface area contributed by atoms with Crippen LogP contribution in [0, 0.1) is 12.8 Å². The molecule has 1 fully saturated rings. The zero-order chi connectivity index (χ0) is 20.4. The fraction of sp³-hybridized carbons (Fsp3) is 0.583. The SMILES string of the molecule is CC[NH+]1CCC[C@@H]1CN(Cc1cc(C)nn1C)C(=O)[C@@H]1CCc2ccccc2C1. The molecule has 0 bridgehead atoms. The van der Waals surface area contributed by atoms with E-state index in [1.165, 1.54) is 30.5 Å². The Morgan fingerprint density at radius 1 is 1.28 bits per heavy atom. The van der Waals surface area contributed by atoms with Crippen LogP contribution in [-0.2, 0) is 31.2 Å². The summed E-state index contributed by atoms with van der Waals surface area (Å²) in [6.45, 7) is 8.21. The van der Waals surface area contributed by atoms with E-state index in [1.807, 2.05) is 18.7 Å². The van der Waals surface area contributed by atoms with Gasteiger partial charge in [-0.1, -0.05) is 24.3 Å². The number of carbonyl (C=O) groups excluding carboxylic acids is 1. The number of rotatable bonds is 6. The predicted molar refractivity (Wildman–Crippen MR) is 115 cm³/mol. The van der Waals surface area contributed by atoms with Crippen molar-refractivity contribution in [1.82, 2.24) is 14.7 Å². The molecule has 3 atom stereocenters. The van der Waals surface area contributed by atoms with Crippen molar-refractivity contribution in [2.45, 2.75) is 58.5 Å². The van der Waals surface area contributed by atoms with Gasteiger partial charge < -0.3 is 9.80 Å². The number of benzene rings is 1. The minimum Gasteiger partial charge on any atom is -0.331 e. The van der Waals surface area contributed by atoms with E-state index in [9.17, 15) is 4.79 Å². The van der Waals surface area contributed by atoms with Gasteiger partial charge in [0.05, 0.1) is 37.6 Å². The lowest BCUT2D eigenvalue weighted by atomic mass is 9.83. The van der Waals surface area contributed by atoms with Crippen LogP contribution >= 0.6 is 0 Å². The number of aryl methyl sites for hydroxylation is 3. The maximum atomic E-state index is 13.7. The summed E-state index contributed by atoms with van der Waals surface area (Å²) in [5.74, 6) is 0.436. The number of nitrogens with one attached hydrogen (secondary N) is 1. The van der Waals surface area contributed by atoms with E-state index < -0.39 is 0 Å². The van der Waals surface area contributed by atoms with Crippen LogP contribution in [0.1, 0.15) is 48.7 Å². The molecule has 29 heavy (non-hydrogen) atoms. The highest BCUT2D eigenvalue weighted by atomic mass is 16.2. The molecule has 1 amide bonds. The zero-order valence-corrected chi connectivity index (χ0v) is 18.2. The fourth-order valence-electron chi connectivity index (χ4n) is 5.34. The van der Waals surface area contributed by atoms with Gasteiger partial charge in [-0.3, -0.25) is 9.48 Å². The normalized spacial score (nSPS) is 23.8. The van der Waals surface area contributed by atoms with Crippen LogP contribution in [0.5, 0.6) is 0 Å². The van der Waals surface area contributed by atoms with Gasteiger partial charge in [0, 0.05) is 25.8 Å². The number of carbonyl (C=O) groups is 1. The van der Waals surface area contributed by atoms with Gasteiger partial charge in [-0.05, 0) is 50.3 Å². The Kier molecular flexibility index (Phi) is 6.04. The number of hydrogen-bond acceptors (Lipinski definition) is 2. The van der Waals surface area contributed by atoms with Gasteiger partial charge in [0.2, 0.25) is 5.91 Å². The van der Waals surface area contributed by atoms with Crippen molar-refractivity contribution in [1.29, 1.82) is 0 Å². The van der Waals surface area contributed by atoms with Crippen molar-refractivity contribution < 1.29 is 9.69 Å². The molecule has 5 nitrogen and oxygen atoms in total. The summed E-state index contributed by atoms with van der Waals surface area (Å²) < 4.78 is 1.94. The average molecular weight is 396 g/mol. The largest absolute Gasteiger partial charge is 0.331 e. The first-order valence-electron chi connectivity index (χ1n) is 11.2. The summed E-state index contributed by atoms with van der Waals surface area (Å²) in [6.07, 6.45) is 5.36. The van der Waals surface area contributed by atoms with E-state index >= 15 is 0 Å². The number of aromatic nitrogens is 2. The van der Waals surface area contributed by atoms with E-state index in [1.54, 1.807) is 4.90 Å². The van der Waals surface area contributed by atoms with Crippen molar-refractivity contribution in [3.05, 3.63) is 52.8 Å². The van der Waals surface area contributed by atoms with Gasteiger partial charge in [0.15, 0.2) is 0 Å². The third-order valence-electron chi connectivity index (χ3n) is 6.98. The van der Waals surface area contributed by atoms with E-state index in [-0.39, 0.29) is 5.92 Å². The Morgan fingerprint density at radius 3 is 2.79 bits per heavy atom. The van der Waals surface area contributed by atoms with Crippen molar-refractivity contribution in [3.63, 3.8) is 0 Å². The van der Waals surface area contributed by atoms with Crippen LogP contribution in [0.4, 0.5) is 0 Å². The molecule has 1 N–H and O–H groups in total. The van der Waals surface area contributed by atoms with Gasteiger partial charge in [-0.25, -0.2) is 0 Å². The molecule has 5 heteroatoms. The summed E-state index contributed by atoms with van der Waals surface area (Å²) in [5, 5.41) is 4.50. The van der Waals surface area contributed by atoms with Gasteiger partial charge >= 0.3 is 0 Å². The summed E-state index contributed by atoms with van der Waals surface area (Å²) >= 11 is 0. The van der Waals surface area contributed by atoms with E-state index in [4.69, 9.17) is 0 Å². The molecular weight excluding hydrogens is 360 g/mol. The molecule has 1 saturated heterocycles. The molecule has 0 saturated carbocycles. The summed E-state index contributed by atoms with van der Waals surface area (Å²) in [7, 11) is 1.99. The number of likely N-dealkylation sites (tertiary alicyclic amines) is 1. The molecule has 2 aliphatic rings. The van der Waals surface area contributed by atoms with Crippen molar-refractivity contribution in [3.8, 4) is 0 Å². The van der Waals surface area contributed by atoms with Crippen LogP contribution in [0.3, 0.4) is 0 Å². The standard InChI is InChI=1S/C24H34N4O/c1-4-27-13-7-10-22(27)16-28(17-23-14-18(2)25-26(23)3)24(29)21-12-11-19-8-5-6-9-20(19)15-21/h5-6,8-9,14,21-22H,4,7,10-13,15-17H2,1-3H3/p+1/t21-,22-/m1/s1. The zero-order valence-electron chi connectivity index (χ0n) is 18.2. The Bertz CT molecular complexity index is 858. The Balaban J connectivity index is 1.54. The number of quaternary nitrogens is 1. The topological polar surface area (TPSA) is 42.6 Å². The van der Waals surface area contributed by atoms with Crippen LogP contribution in [0.25, 0.3) is 0 Å². The lowest BCUT2D eigenvalue weighted by Crippen LogP contribution is -3.14. The first-order chi connectivity index (χ1) is 14.0. The molecule has 1 aromatic heterocycles. The molecule has 0 spiro atoms. The summed E-state index contributed by atoms with van der Waals surface area (Å²) in [5.41, 5.74) is 4.92. The highest BCUT2D eigenvalue weighted by Gasteiger charge is 2.34. The van der Waals surface area contributed by atoms with Crippen LogP contribution in [-0.4, -0.2) is 46.3 Å². The number of hydrogen-bond donors (Lipinski definition) is 1. The minimum absolute atomic E-state index is 0.103. The monoisotopic (exact) mass is 395 g/mol. The van der Waals surface area contributed by atoms with E-state index in [0.29, 0.717) is 18.5 Å². The number of amides is 1. The highest BCUT2D eigenvalue weighted by Crippen LogP contribution is 2.27.